The molecule has 0 saturated carbocycles. The van der Waals surface area contributed by atoms with E-state index in [2.05, 4.69) is 37.7 Å². The number of rotatable bonds is 6. The van der Waals surface area contributed by atoms with Crippen LogP contribution in [0.15, 0.2) is 41.3 Å². The molecule has 1 amide bonds. The lowest BCUT2D eigenvalue weighted by atomic mass is 10.00. The van der Waals surface area contributed by atoms with Crippen molar-refractivity contribution in [2.24, 2.45) is 5.92 Å². The van der Waals surface area contributed by atoms with Gasteiger partial charge in [-0.1, -0.05) is 6.92 Å². The van der Waals surface area contributed by atoms with Crippen LogP contribution >= 0.6 is 15.9 Å². The van der Waals surface area contributed by atoms with Crippen molar-refractivity contribution in [2.75, 3.05) is 26.7 Å². The minimum Gasteiger partial charge on any atom is -0.472 e. The number of halogens is 1. The van der Waals surface area contributed by atoms with Crippen molar-refractivity contribution in [3.63, 3.8) is 0 Å². The molecule has 0 aromatic carbocycles. The number of hydrogen-bond donors (Lipinski definition) is 1. The molecule has 0 saturated heterocycles. The maximum absolute atomic E-state index is 13.1. The molecule has 2 aromatic heterocycles. The van der Waals surface area contributed by atoms with Gasteiger partial charge in [-0.15, -0.1) is 0 Å². The average molecular weight is 463 g/mol. The van der Waals surface area contributed by atoms with Gasteiger partial charge in [0.05, 0.1) is 12.6 Å². The van der Waals surface area contributed by atoms with Gasteiger partial charge < -0.3 is 14.7 Å². The van der Waals surface area contributed by atoms with Crippen LogP contribution in [-0.2, 0) is 6.54 Å². The minimum absolute atomic E-state index is 0.0615. The van der Waals surface area contributed by atoms with E-state index in [0.29, 0.717) is 29.0 Å². The molecule has 0 radical (unpaired) electrons. The number of amides is 1. The molecule has 8 heteroatoms. The quantitative estimate of drug-likeness (QED) is 0.710. The smallest absolute Gasteiger partial charge is 0.259 e. The number of hydrogen-bond acceptors (Lipinski definition) is 6. The molecule has 0 aliphatic carbocycles. The summed E-state index contributed by atoms with van der Waals surface area (Å²) in [6.07, 6.45) is 5.05. The summed E-state index contributed by atoms with van der Waals surface area (Å²) >= 11 is 3.39. The third-order valence-electron chi connectivity index (χ3n) is 5.18. The van der Waals surface area contributed by atoms with Crippen LogP contribution in [0.3, 0.4) is 0 Å². The summed E-state index contributed by atoms with van der Waals surface area (Å²) < 4.78 is 6.96. The molecule has 0 bridgehead atoms. The number of carbonyl (C=O) groups is 1. The van der Waals surface area contributed by atoms with Crippen LogP contribution in [0.4, 0.5) is 0 Å². The molecular formula is C21H27BrN4O3. The second kappa shape index (κ2) is 9.65. The van der Waals surface area contributed by atoms with Crippen molar-refractivity contribution >= 4 is 21.8 Å². The van der Waals surface area contributed by atoms with E-state index >= 15 is 0 Å². The van der Waals surface area contributed by atoms with Gasteiger partial charge in [0.25, 0.3) is 5.91 Å². The molecule has 3 atom stereocenters. The van der Waals surface area contributed by atoms with Gasteiger partial charge in [0.2, 0.25) is 5.88 Å². The summed E-state index contributed by atoms with van der Waals surface area (Å²) in [5, 5.41) is 9.67. The molecular weight excluding hydrogens is 436 g/mol. The van der Waals surface area contributed by atoms with Crippen LogP contribution in [0.5, 0.6) is 5.88 Å². The second-order valence-electron chi connectivity index (χ2n) is 7.68. The normalized spacial score (nSPS) is 20.6. The molecule has 1 N–H and O–H groups in total. The highest BCUT2D eigenvalue weighted by molar-refractivity contribution is 9.10. The Morgan fingerprint density at radius 1 is 1.41 bits per heavy atom. The summed E-state index contributed by atoms with van der Waals surface area (Å²) in [6.45, 7) is 5.77. The van der Waals surface area contributed by atoms with E-state index < -0.39 is 0 Å². The molecule has 29 heavy (non-hydrogen) atoms. The molecule has 0 fully saturated rings. The second-order valence-corrected chi connectivity index (χ2v) is 8.60. The lowest BCUT2D eigenvalue weighted by molar-refractivity contribution is 0.0325. The van der Waals surface area contributed by atoms with Gasteiger partial charge in [-0.2, -0.15) is 0 Å². The zero-order valence-electron chi connectivity index (χ0n) is 17.0. The topological polar surface area (TPSA) is 78.8 Å². The fourth-order valence-electron chi connectivity index (χ4n) is 3.47. The third kappa shape index (κ3) is 5.32. The van der Waals surface area contributed by atoms with Crippen LogP contribution in [0, 0.1) is 5.92 Å². The summed E-state index contributed by atoms with van der Waals surface area (Å²) in [5.41, 5.74) is 1.59. The standard InChI is InChI=1S/C21H27BrN4O3/c1-14-10-26(15(2)13-27)21(28)18-8-17(22)9-24-20(18)29-19(14)12-25(3)11-16-4-6-23-7-5-16/h4-9,14-15,19,27H,10-13H2,1-3H3/t14-,15+,19-/m0/s1. The Kier molecular flexibility index (Phi) is 7.21. The van der Waals surface area contributed by atoms with Crippen molar-refractivity contribution in [3.8, 4) is 5.88 Å². The Morgan fingerprint density at radius 2 is 2.14 bits per heavy atom. The Bertz CT molecular complexity index is 836. The van der Waals surface area contributed by atoms with Gasteiger partial charge in [0, 0.05) is 48.6 Å². The molecule has 156 valence electrons. The molecule has 3 rings (SSSR count). The number of likely N-dealkylation sites (N-methyl/N-ethyl adjacent to an activating group) is 1. The first kappa shape index (κ1) is 21.7. The molecule has 1 aliphatic heterocycles. The maximum Gasteiger partial charge on any atom is 0.259 e. The van der Waals surface area contributed by atoms with Gasteiger partial charge in [-0.05, 0) is 53.7 Å². The first-order valence-corrected chi connectivity index (χ1v) is 10.5. The summed E-state index contributed by atoms with van der Waals surface area (Å²) in [6, 6.07) is 5.44. The molecule has 1 aliphatic rings. The van der Waals surface area contributed by atoms with E-state index in [-0.39, 0.29) is 30.6 Å². The number of aromatic nitrogens is 2. The van der Waals surface area contributed by atoms with Crippen molar-refractivity contribution in [3.05, 3.63) is 52.4 Å². The van der Waals surface area contributed by atoms with E-state index in [1.165, 1.54) is 5.56 Å². The predicted octanol–water partition coefficient (Wildman–Crippen LogP) is 2.59. The van der Waals surface area contributed by atoms with E-state index in [1.54, 1.807) is 29.6 Å². The van der Waals surface area contributed by atoms with Gasteiger partial charge in [-0.25, -0.2) is 4.98 Å². The highest BCUT2D eigenvalue weighted by atomic mass is 79.9. The SMILES string of the molecule is C[C@H](CO)N1C[C@H](C)[C@H](CN(C)Cc2ccncc2)Oc2ncc(Br)cc2C1=O. The fraction of sp³-hybridized carbons (Fsp3) is 0.476. The number of carbonyl (C=O) groups excluding carboxylic acids is 1. The van der Waals surface area contributed by atoms with Gasteiger partial charge in [0.15, 0.2) is 0 Å². The van der Waals surface area contributed by atoms with Crippen LogP contribution in [0.2, 0.25) is 0 Å². The van der Waals surface area contributed by atoms with Gasteiger partial charge in [0.1, 0.15) is 11.7 Å². The molecule has 7 nitrogen and oxygen atoms in total. The van der Waals surface area contributed by atoms with Crippen molar-refractivity contribution in [1.29, 1.82) is 0 Å². The lowest BCUT2D eigenvalue weighted by Crippen LogP contribution is -2.49. The Balaban J connectivity index is 1.85. The summed E-state index contributed by atoms with van der Waals surface area (Å²) in [5.74, 6) is 0.222. The van der Waals surface area contributed by atoms with Crippen molar-refractivity contribution in [1.82, 2.24) is 19.8 Å². The highest BCUT2D eigenvalue weighted by Gasteiger charge is 2.34. The molecule has 2 aromatic rings. The molecule has 0 unspecified atom stereocenters. The van der Waals surface area contributed by atoms with Crippen molar-refractivity contribution < 1.29 is 14.6 Å². The minimum atomic E-state index is -0.287. The Morgan fingerprint density at radius 3 is 2.83 bits per heavy atom. The first-order valence-electron chi connectivity index (χ1n) is 9.70. The number of aliphatic hydroxyl groups excluding tert-OH is 1. The number of ether oxygens (including phenoxy) is 1. The molecule has 3 heterocycles. The maximum atomic E-state index is 13.1. The van der Waals surface area contributed by atoms with E-state index in [9.17, 15) is 9.90 Å². The number of nitrogens with zero attached hydrogens (tertiary/aromatic N) is 4. The first-order chi connectivity index (χ1) is 13.9. The lowest BCUT2D eigenvalue weighted by Gasteiger charge is -2.37. The summed E-state index contributed by atoms with van der Waals surface area (Å²) in [7, 11) is 2.05. The zero-order chi connectivity index (χ0) is 21.0. The van der Waals surface area contributed by atoms with E-state index in [4.69, 9.17) is 4.74 Å². The Hall–Kier alpha value is -2.03. The van der Waals surface area contributed by atoms with E-state index in [1.807, 2.05) is 26.1 Å². The highest BCUT2D eigenvalue weighted by Crippen LogP contribution is 2.28. The average Bonchev–Trinajstić information content (AvgIpc) is 2.71. The van der Waals surface area contributed by atoms with Crippen LogP contribution in [-0.4, -0.2) is 69.7 Å². The zero-order valence-corrected chi connectivity index (χ0v) is 18.5. The fourth-order valence-corrected chi connectivity index (χ4v) is 3.80. The van der Waals surface area contributed by atoms with Crippen LogP contribution in [0.25, 0.3) is 0 Å². The van der Waals surface area contributed by atoms with Gasteiger partial charge >= 0.3 is 0 Å². The van der Waals surface area contributed by atoms with Crippen molar-refractivity contribution in [2.45, 2.75) is 32.5 Å². The third-order valence-corrected chi connectivity index (χ3v) is 5.61. The van der Waals surface area contributed by atoms with Crippen LogP contribution in [0.1, 0.15) is 29.8 Å². The number of fused-ring (bicyclic) bond motifs is 1. The monoisotopic (exact) mass is 462 g/mol. The Labute approximate surface area is 179 Å². The van der Waals surface area contributed by atoms with Crippen LogP contribution < -0.4 is 4.74 Å². The number of aliphatic hydroxyl groups is 1. The predicted molar refractivity (Wildman–Crippen MR) is 114 cm³/mol. The largest absolute Gasteiger partial charge is 0.472 e. The summed E-state index contributed by atoms with van der Waals surface area (Å²) in [4.78, 5) is 25.4. The van der Waals surface area contributed by atoms with Gasteiger partial charge in [-0.3, -0.25) is 14.7 Å². The number of pyridine rings is 2. The van der Waals surface area contributed by atoms with E-state index in [0.717, 1.165) is 6.54 Å². The molecule has 0 spiro atoms.